The lowest BCUT2D eigenvalue weighted by molar-refractivity contribution is -0.137. The molecule has 144 valence electrons. The van der Waals surface area contributed by atoms with E-state index in [-0.39, 0.29) is 25.4 Å². The summed E-state index contributed by atoms with van der Waals surface area (Å²) in [6.07, 6.45) is 0. The topological polar surface area (TPSA) is 84.7 Å². The molecule has 2 rings (SSSR count). The second-order valence-corrected chi connectivity index (χ2v) is 6.35. The Bertz CT molecular complexity index is 786. The molecule has 0 radical (unpaired) electrons. The summed E-state index contributed by atoms with van der Waals surface area (Å²) >= 11 is 5.88. The minimum absolute atomic E-state index is 0.0187. The third kappa shape index (κ3) is 6.32. The monoisotopic (exact) mass is 393 g/mol. The van der Waals surface area contributed by atoms with Gasteiger partial charge >= 0.3 is 0 Å². The Balaban J connectivity index is 2.12. The number of halogens is 2. The van der Waals surface area contributed by atoms with Crippen molar-refractivity contribution in [1.29, 1.82) is 0 Å². The third-order valence-electron chi connectivity index (χ3n) is 3.74. The van der Waals surface area contributed by atoms with Crippen LogP contribution in [-0.4, -0.2) is 43.0 Å². The van der Waals surface area contributed by atoms with Crippen molar-refractivity contribution in [2.75, 3.05) is 25.6 Å². The van der Waals surface area contributed by atoms with E-state index in [1.165, 1.54) is 30.2 Å². The molecule has 2 aromatic rings. The highest BCUT2D eigenvalue weighted by atomic mass is 35.5. The maximum Gasteiger partial charge on any atom is 0.244 e. The summed E-state index contributed by atoms with van der Waals surface area (Å²) in [4.78, 5) is 26.2. The summed E-state index contributed by atoms with van der Waals surface area (Å²) < 4.78 is 18.6. The molecule has 3 N–H and O–H groups in total. The van der Waals surface area contributed by atoms with Gasteiger partial charge in [0, 0.05) is 18.7 Å². The maximum atomic E-state index is 13.7. The van der Waals surface area contributed by atoms with Gasteiger partial charge in [-0.25, -0.2) is 4.39 Å². The summed E-state index contributed by atoms with van der Waals surface area (Å²) in [5.74, 6) is -1.54. The zero-order chi connectivity index (χ0) is 19.8. The minimum Gasteiger partial charge on any atom is -0.383 e. The summed E-state index contributed by atoms with van der Waals surface area (Å²) in [6, 6.07) is 11.8. The highest BCUT2D eigenvalue weighted by Gasteiger charge is 2.23. The van der Waals surface area contributed by atoms with Crippen molar-refractivity contribution < 1.29 is 18.7 Å². The van der Waals surface area contributed by atoms with Crippen LogP contribution in [0.15, 0.2) is 48.5 Å². The van der Waals surface area contributed by atoms with Crippen molar-refractivity contribution in [2.24, 2.45) is 5.73 Å². The van der Waals surface area contributed by atoms with Gasteiger partial charge in [0.2, 0.25) is 11.8 Å². The van der Waals surface area contributed by atoms with Crippen LogP contribution in [0.4, 0.5) is 10.1 Å². The molecule has 0 aromatic heterocycles. The number of para-hydroxylation sites is 1. The molecule has 0 aliphatic carbocycles. The first-order valence-electron chi connectivity index (χ1n) is 8.23. The summed E-state index contributed by atoms with van der Waals surface area (Å²) in [5, 5.41) is 3.02. The number of benzene rings is 2. The number of carbonyl (C=O) groups excluding carboxylic acids is 2. The minimum atomic E-state index is -0.913. The summed E-state index contributed by atoms with van der Waals surface area (Å²) in [7, 11) is 1.43. The zero-order valence-electron chi connectivity index (χ0n) is 14.8. The van der Waals surface area contributed by atoms with E-state index in [4.69, 9.17) is 22.1 Å². The molecule has 0 heterocycles. The Morgan fingerprint density at radius 1 is 1.22 bits per heavy atom. The van der Waals surface area contributed by atoms with Gasteiger partial charge in [-0.1, -0.05) is 35.9 Å². The molecule has 2 aromatic carbocycles. The Kier molecular flexibility index (Phi) is 7.72. The number of methoxy groups -OCH3 is 1. The number of anilines is 1. The van der Waals surface area contributed by atoms with E-state index in [2.05, 4.69) is 5.32 Å². The van der Waals surface area contributed by atoms with E-state index >= 15 is 0 Å². The lowest BCUT2D eigenvalue weighted by Gasteiger charge is -2.25. The van der Waals surface area contributed by atoms with Gasteiger partial charge in [-0.15, -0.1) is 0 Å². The van der Waals surface area contributed by atoms with Gasteiger partial charge in [-0.3, -0.25) is 9.59 Å². The van der Waals surface area contributed by atoms with Gasteiger partial charge < -0.3 is 20.7 Å². The number of rotatable bonds is 8. The van der Waals surface area contributed by atoms with Gasteiger partial charge in [-0.2, -0.15) is 0 Å². The van der Waals surface area contributed by atoms with Crippen LogP contribution in [0.5, 0.6) is 0 Å². The first-order valence-corrected chi connectivity index (χ1v) is 8.60. The second kappa shape index (κ2) is 10.0. The molecular formula is C19H21ClFN3O3. The smallest absolute Gasteiger partial charge is 0.244 e. The Morgan fingerprint density at radius 2 is 1.89 bits per heavy atom. The fourth-order valence-corrected chi connectivity index (χ4v) is 2.56. The summed E-state index contributed by atoms with van der Waals surface area (Å²) in [6.45, 7) is -0.115. The normalized spacial score (nSPS) is 11.7. The number of ether oxygens (including phenoxy) is 1. The van der Waals surface area contributed by atoms with Crippen molar-refractivity contribution in [3.63, 3.8) is 0 Å². The van der Waals surface area contributed by atoms with Gasteiger partial charge in [0.1, 0.15) is 18.4 Å². The van der Waals surface area contributed by atoms with E-state index in [9.17, 15) is 14.0 Å². The number of amides is 2. The summed E-state index contributed by atoms with van der Waals surface area (Å²) in [5.41, 5.74) is 6.65. The fraction of sp³-hybridized carbons (Fsp3) is 0.263. The first-order chi connectivity index (χ1) is 12.9. The van der Waals surface area contributed by atoms with Crippen LogP contribution < -0.4 is 11.1 Å². The van der Waals surface area contributed by atoms with E-state index in [0.717, 1.165) is 5.56 Å². The first kappa shape index (κ1) is 20.8. The van der Waals surface area contributed by atoms with Crippen LogP contribution in [0.25, 0.3) is 0 Å². The van der Waals surface area contributed by atoms with Crippen LogP contribution in [0.3, 0.4) is 0 Å². The SMILES string of the molecule is COCC(N)C(=O)N(CC(=O)Nc1ccccc1F)Cc1ccc(Cl)cc1. The molecule has 0 fully saturated rings. The highest BCUT2D eigenvalue weighted by Crippen LogP contribution is 2.14. The molecule has 27 heavy (non-hydrogen) atoms. The van der Waals surface area contributed by atoms with Gasteiger partial charge in [0.05, 0.1) is 12.3 Å². The predicted octanol–water partition coefficient (Wildman–Crippen LogP) is 2.42. The van der Waals surface area contributed by atoms with Crippen molar-refractivity contribution in [1.82, 2.24) is 4.90 Å². The van der Waals surface area contributed by atoms with Crippen LogP contribution in [-0.2, 0) is 20.9 Å². The van der Waals surface area contributed by atoms with Crippen LogP contribution in [0, 0.1) is 5.82 Å². The lowest BCUT2D eigenvalue weighted by Crippen LogP contribution is -2.48. The molecule has 6 nitrogen and oxygen atoms in total. The molecule has 0 spiro atoms. The predicted molar refractivity (Wildman–Crippen MR) is 102 cm³/mol. The molecule has 0 saturated heterocycles. The van der Waals surface area contributed by atoms with Crippen LogP contribution in [0.2, 0.25) is 5.02 Å². The average molecular weight is 394 g/mol. The Morgan fingerprint density at radius 3 is 2.52 bits per heavy atom. The zero-order valence-corrected chi connectivity index (χ0v) is 15.6. The number of carbonyl (C=O) groups is 2. The molecule has 1 unspecified atom stereocenters. The molecule has 0 aliphatic rings. The maximum absolute atomic E-state index is 13.7. The number of hydrogen-bond acceptors (Lipinski definition) is 4. The standard InChI is InChI=1S/C19H21ClFN3O3/c1-27-12-16(22)19(26)24(10-13-6-8-14(20)9-7-13)11-18(25)23-17-5-3-2-4-15(17)21/h2-9,16H,10-12,22H2,1H3,(H,23,25). The highest BCUT2D eigenvalue weighted by molar-refractivity contribution is 6.30. The van der Waals surface area contributed by atoms with Gasteiger partial charge in [-0.05, 0) is 29.8 Å². The number of nitrogens with zero attached hydrogens (tertiary/aromatic N) is 1. The van der Waals surface area contributed by atoms with E-state index < -0.39 is 23.7 Å². The van der Waals surface area contributed by atoms with Crippen LogP contribution in [0.1, 0.15) is 5.56 Å². The molecule has 2 amide bonds. The molecule has 1 atom stereocenters. The number of hydrogen-bond donors (Lipinski definition) is 2. The number of nitrogens with two attached hydrogens (primary N) is 1. The van der Waals surface area contributed by atoms with Crippen molar-refractivity contribution in [3.05, 3.63) is 64.9 Å². The Labute approximate surface area is 162 Å². The van der Waals surface area contributed by atoms with Gasteiger partial charge in [0.15, 0.2) is 0 Å². The van der Waals surface area contributed by atoms with E-state index in [0.29, 0.717) is 5.02 Å². The van der Waals surface area contributed by atoms with Crippen LogP contribution >= 0.6 is 11.6 Å². The van der Waals surface area contributed by atoms with Gasteiger partial charge in [0.25, 0.3) is 0 Å². The largest absolute Gasteiger partial charge is 0.383 e. The van der Waals surface area contributed by atoms with E-state index in [1.807, 2.05) is 0 Å². The average Bonchev–Trinajstić information content (AvgIpc) is 2.64. The van der Waals surface area contributed by atoms with E-state index in [1.54, 1.807) is 30.3 Å². The molecule has 0 bridgehead atoms. The number of nitrogens with one attached hydrogen (secondary N) is 1. The fourth-order valence-electron chi connectivity index (χ4n) is 2.43. The molecular weight excluding hydrogens is 373 g/mol. The van der Waals surface area contributed by atoms with Crippen molar-refractivity contribution in [3.8, 4) is 0 Å². The second-order valence-electron chi connectivity index (χ2n) is 5.91. The van der Waals surface area contributed by atoms with Crippen molar-refractivity contribution in [2.45, 2.75) is 12.6 Å². The molecule has 0 aliphatic heterocycles. The quantitative estimate of drug-likeness (QED) is 0.721. The van der Waals surface area contributed by atoms with Crippen molar-refractivity contribution >= 4 is 29.1 Å². The third-order valence-corrected chi connectivity index (χ3v) is 4.00. The Hall–Kier alpha value is -2.48. The molecule has 8 heteroatoms. The molecule has 0 saturated carbocycles. The lowest BCUT2D eigenvalue weighted by atomic mass is 10.2.